The molecule has 2 N–H and O–H groups in total. The third-order valence-electron chi connectivity index (χ3n) is 7.75. The summed E-state index contributed by atoms with van der Waals surface area (Å²) in [6.45, 7) is 7.31. The van der Waals surface area contributed by atoms with E-state index in [1.807, 2.05) is 32.0 Å². The van der Waals surface area contributed by atoms with E-state index in [9.17, 15) is 14.7 Å². The standard InChI is InChI=1S/C28H37N3O3S/c1-4-18(2)23(16-27(32)33)30-28(34)20-11-12-25-24(14-20)29-26(15-22-10-7-13-35-22)31(25)17-21-9-6-5-8-19(21)3/h7,10-14,18-19,21,23H,4-6,8-9,15-17H2,1-3H3,(H,30,34)(H,32,33)/t18-,19+,21?,23+/m0/s1. The first-order valence-corrected chi connectivity index (χ1v) is 13.8. The number of aliphatic carboxylic acids is 1. The number of carbonyl (C=O) groups excluding carboxylic acids is 1. The molecule has 0 saturated heterocycles. The zero-order valence-electron chi connectivity index (χ0n) is 21.0. The van der Waals surface area contributed by atoms with Gasteiger partial charge in [0, 0.05) is 29.4 Å². The number of carbonyl (C=O) groups is 2. The van der Waals surface area contributed by atoms with E-state index in [1.165, 1.54) is 30.6 Å². The van der Waals surface area contributed by atoms with E-state index in [1.54, 1.807) is 11.3 Å². The average Bonchev–Trinajstić information content (AvgIpc) is 3.47. The smallest absolute Gasteiger partial charge is 0.305 e. The molecular weight excluding hydrogens is 458 g/mol. The van der Waals surface area contributed by atoms with Crippen LogP contribution in [0.15, 0.2) is 35.7 Å². The van der Waals surface area contributed by atoms with E-state index < -0.39 is 12.0 Å². The largest absolute Gasteiger partial charge is 0.481 e. The molecule has 4 rings (SSSR count). The van der Waals surface area contributed by atoms with Crippen molar-refractivity contribution in [2.45, 2.75) is 78.3 Å². The summed E-state index contributed by atoms with van der Waals surface area (Å²) in [6.07, 6.45) is 6.65. The van der Waals surface area contributed by atoms with Gasteiger partial charge in [-0.1, -0.05) is 52.5 Å². The fourth-order valence-corrected chi connectivity index (χ4v) is 5.95. The van der Waals surface area contributed by atoms with Gasteiger partial charge < -0.3 is 15.0 Å². The highest BCUT2D eigenvalue weighted by molar-refractivity contribution is 7.09. The summed E-state index contributed by atoms with van der Waals surface area (Å²) >= 11 is 1.74. The van der Waals surface area contributed by atoms with Crippen molar-refractivity contribution in [2.75, 3.05) is 0 Å². The highest BCUT2D eigenvalue weighted by Crippen LogP contribution is 2.33. The molecule has 1 aromatic carbocycles. The molecule has 3 aromatic rings. The van der Waals surface area contributed by atoms with E-state index in [-0.39, 0.29) is 18.2 Å². The quantitative estimate of drug-likeness (QED) is 0.354. The summed E-state index contributed by atoms with van der Waals surface area (Å²) in [5, 5.41) is 14.3. The van der Waals surface area contributed by atoms with Crippen molar-refractivity contribution in [3.05, 3.63) is 52.0 Å². The fraction of sp³-hybridized carbons (Fsp3) is 0.536. The number of imidazole rings is 1. The first kappa shape index (κ1) is 25.4. The number of benzene rings is 1. The third-order valence-corrected chi connectivity index (χ3v) is 8.63. The van der Waals surface area contributed by atoms with Gasteiger partial charge in [-0.2, -0.15) is 0 Å². The van der Waals surface area contributed by atoms with Gasteiger partial charge in [-0.15, -0.1) is 11.3 Å². The van der Waals surface area contributed by atoms with Crippen molar-refractivity contribution < 1.29 is 14.7 Å². The Balaban J connectivity index is 1.63. The highest BCUT2D eigenvalue weighted by atomic mass is 32.1. The van der Waals surface area contributed by atoms with Crippen molar-refractivity contribution in [2.24, 2.45) is 17.8 Å². The average molecular weight is 496 g/mol. The number of nitrogens with zero attached hydrogens (tertiary/aromatic N) is 2. The lowest BCUT2D eigenvalue weighted by Crippen LogP contribution is -2.40. The van der Waals surface area contributed by atoms with Crippen LogP contribution in [0, 0.1) is 17.8 Å². The number of hydrogen-bond donors (Lipinski definition) is 2. The lowest BCUT2D eigenvalue weighted by molar-refractivity contribution is -0.137. The van der Waals surface area contributed by atoms with Crippen LogP contribution in [0.25, 0.3) is 11.0 Å². The van der Waals surface area contributed by atoms with Gasteiger partial charge in [0.1, 0.15) is 5.82 Å². The van der Waals surface area contributed by atoms with Gasteiger partial charge in [-0.3, -0.25) is 9.59 Å². The number of nitrogens with one attached hydrogen (secondary N) is 1. The molecule has 1 amide bonds. The Morgan fingerprint density at radius 2 is 2.06 bits per heavy atom. The monoisotopic (exact) mass is 495 g/mol. The number of fused-ring (bicyclic) bond motifs is 1. The van der Waals surface area contributed by atoms with E-state index >= 15 is 0 Å². The molecule has 0 aliphatic heterocycles. The topological polar surface area (TPSA) is 84.2 Å². The zero-order valence-corrected chi connectivity index (χ0v) is 21.8. The second-order valence-electron chi connectivity index (χ2n) is 10.2. The summed E-state index contributed by atoms with van der Waals surface area (Å²) in [4.78, 5) is 30.7. The van der Waals surface area contributed by atoms with E-state index in [2.05, 4.69) is 34.3 Å². The number of thiophene rings is 1. The third kappa shape index (κ3) is 6.13. The molecule has 1 unspecified atom stereocenters. The number of aromatic nitrogens is 2. The normalized spacial score (nSPS) is 20.0. The molecule has 2 heterocycles. The van der Waals surface area contributed by atoms with Crippen LogP contribution in [-0.4, -0.2) is 32.6 Å². The number of rotatable bonds is 10. The molecule has 188 valence electrons. The van der Waals surface area contributed by atoms with Crippen molar-refractivity contribution in [1.82, 2.24) is 14.9 Å². The maximum Gasteiger partial charge on any atom is 0.305 e. The fourth-order valence-electron chi connectivity index (χ4n) is 5.25. The lowest BCUT2D eigenvalue weighted by atomic mass is 9.80. The summed E-state index contributed by atoms with van der Waals surface area (Å²) < 4.78 is 2.37. The van der Waals surface area contributed by atoms with Crippen LogP contribution in [0.5, 0.6) is 0 Å². The molecule has 0 bridgehead atoms. The van der Waals surface area contributed by atoms with Gasteiger partial charge in [0.25, 0.3) is 5.91 Å². The predicted molar refractivity (Wildman–Crippen MR) is 141 cm³/mol. The number of carboxylic acids is 1. The summed E-state index contributed by atoms with van der Waals surface area (Å²) in [5.74, 6) is 1.31. The molecule has 6 nitrogen and oxygen atoms in total. The molecule has 1 aliphatic carbocycles. The van der Waals surface area contributed by atoms with Crippen molar-refractivity contribution in [3.63, 3.8) is 0 Å². The van der Waals surface area contributed by atoms with Gasteiger partial charge in [0.2, 0.25) is 0 Å². The minimum Gasteiger partial charge on any atom is -0.481 e. The Labute approximate surface area is 211 Å². The maximum atomic E-state index is 13.1. The Kier molecular flexibility index (Phi) is 8.26. The number of carboxylic acid groups (broad SMARTS) is 1. The molecule has 1 aliphatic rings. The van der Waals surface area contributed by atoms with Crippen molar-refractivity contribution in [1.29, 1.82) is 0 Å². The number of hydrogen-bond acceptors (Lipinski definition) is 4. The molecule has 7 heteroatoms. The molecule has 1 saturated carbocycles. The van der Waals surface area contributed by atoms with Crippen LogP contribution in [0.2, 0.25) is 0 Å². The van der Waals surface area contributed by atoms with Crippen LogP contribution in [-0.2, 0) is 17.8 Å². The molecule has 0 spiro atoms. The SMILES string of the molecule is CC[C@H](C)[C@@H](CC(=O)O)NC(=O)c1ccc2c(c1)nc(Cc1cccs1)n2CC1CCCC[C@H]1C. The molecule has 2 aromatic heterocycles. The Hall–Kier alpha value is -2.67. The first-order valence-electron chi connectivity index (χ1n) is 12.9. The van der Waals surface area contributed by atoms with E-state index in [0.29, 0.717) is 17.4 Å². The summed E-state index contributed by atoms with van der Waals surface area (Å²) in [7, 11) is 0. The first-order chi connectivity index (χ1) is 16.9. The summed E-state index contributed by atoms with van der Waals surface area (Å²) in [6, 6.07) is 9.54. The van der Waals surface area contributed by atoms with Crippen LogP contribution in [0.3, 0.4) is 0 Å². The maximum absolute atomic E-state index is 13.1. The molecule has 1 fully saturated rings. The van der Waals surface area contributed by atoms with Gasteiger partial charge in [0.15, 0.2) is 0 Å². The second kappa shape index (κ2) is 11.4. The molecular formula is C28H37N3O3S. The van der Waals surface area contributed by atoms with Gasteiger partial charge in [-0.25, -0.2) is 4.98 Å². The zero-order chi connectivity index (χ0) is 24.9. The van der Waals surface area contributed by atoms with Crippen LogP contribution in [0.4, 0.5) is 0 Å². The molecule has 0 radical (unpaired) electrons. The Bertz CT molecular complexity index is 1150. The lowest BCUT2D eigenvalue weighted by Gasteiger charge is -2.29. The minimum atomic E-state index is -0.903. The molecule has 4 atom stereocenters. The van der Waals surface area contributed by atoms with E-state index in [4.69, 9.17) is 4.98 Å². The van der Waals surface area contributed by atoms with Gasteiger partial charge in [0.05, 0.1) is 17.5 Å². The predicted octanol–water partition coefficient (Wildman–Crippen LogP) is 6.13. The Morgan fingerprint density at radius 1 is 1.26 bits per heavy atom. The van der Waals surface area contributed by atoms with Crippen LogP contribution >= 0.6 is 11.3 Å². The Morgan fingerprint density at radius 3 is 2.74 bits per heavy atom. The van der Waals surface area contributed by atoms with Crippen LogP contribution in [0.1, 0.15) is 80.4 Å². The van der Waals surface area contributed by atoms with Gasteiger partial charge >= 0.3 is 5.97 Å². The van der Waals surface area contributed by atoms with Crippen molar-refractivity contribution in [3.8, 4) is 0 Å². The van der Waals surface area contributed by atoms with E-state index in [0.717, 1.165) is 36.2 Å². The second-order valence-corrected chi connectivity index (χ2v) is 11.2. The highest BCUT2D eigenvalue weighted by Gasteiger charge is 2.25. The van der Waals surface area contributed by atoms with Gasteiger partial charge in [-0.05, 0) is 53.8 Å². The number of amides is 1. The summed E-state index contributed by atoms with van der Waals surface area (Å²) in [5.41, 5.74) is 2.41. The van der Waals surface area contributed by atoms with Crippen LogP contribution < -0.4 is 5.32 Å². The molecule has 35 heavy (non-hydrogen) atoms. The minimum absolute atomic E-state index is 0.0767. The van der Waals surface area contributed by atoms with Crippen molar-refractivity contribution >= 4 is 34.2 Å².